The van der Waals surface area contributed by atoms with Gasteiger partial charge in [-0.1, -0.05) is 35.5 Å². The number of aromatic nitrogens is 3. The molecule has 2 aliphatic heterocycles. The summed E-state index contributed by atoms with van der Waals surface area (Å²) in [4.78, 5) is 16.8. The van der Waals surface area contributed by atoms with Gasteiger partial charge < -0.3 is 9.64 Å². The Morgan fingerprint density at radius 3 is 2.65 bits per heavy atom. The third-order valence-corrected chi connectivity index (χ3v) is 5.95. The van der Waals surface area contributed by atoms with Crippen LogP contribution in [0.15, 0.2) is 54.6 Å². The molecule has 1 amide bonds. The zero-order valence-electron chi connectivity index (χ0n) is 17.2. The quantitative estimate of drug-likeness (QED) is 0.648. The van der Waals surface area contributed by atoms with Crippen LogP contribution >= 0.6 is 0 Å². The lowest BCUT2D eigenvalue weighted by Crippen LogP contribution is -2.48. The average molecular weight is 421 g/mol. The lowest BCUT2D eigenvalue weighted by molar-refractivity contribution is -0.00236. The number of rotatable bonds is 4. The van der Waals surface area contributed by atoms with Gasteiger partial charge in [-0.25, -0.2) is 9.07 Å². The number of fused-ring (bicyclic) bond motifs is 1. The largest absolute Gasteiger partial charge is 0.365 e. The van der Waals surface area contributed by atoms with E-state index in [1.807, 2.05) is 46.0 Å². The molecule has 8 heteroatoms. The van der Waals surface area contributed by atoms with Gasteiger partial charge in [-0.05, 0) is 29.8 Å². The molecule has 0 aliphatic carbocycles. The highest BCUT2D eigenvalue weighted by Crippen LogP contribution is 2.27. The second kappa shape index (κ2) is 8.56. The fraction of sp³-hybridized carbons (Fsp3) is 0.348. The number of hydrogen-bond donors (Lipinski definition) is 0. The van der Waals surface area contributed by atoms with Gasteiger partial charge in [0, 0.05) is 38.3 Å². The van der Waals surface area contributed by atoms with E-state index in [9.17, 15) is 9.18 Å². The summed E-state index contributed by atoms with van der Waals surface area (Å²) in [6.07, 6.45) is -0.231. The molecule has 0 spiro atoms. The van der Waals surface area contributed by atoms with Crippen molar-refractivity contribution in [3.8, 4) is 0 Å². The normalized spacial score (nSPS) is 19.3. The molecule has 1 aromatic heterocycles. The van der Waals surface area contributed by atoms with E-state index < -0.39 is 0 Å². The number of amides is 1. The maximum absolute atomic E-state index is 13.5. The Kier molecular flexibility index (Phi) is 5.48. The molecule has 1 atom stereocenters. The monoisotopic (exact) mass is 421 g/mol. The highest BCUT2D eigenvalue weighted by molar-refractivity contribution is 5.94. The van der Waals surface area contributed by atoms with E-state index in [0.717, 1.165) is 35.6 Å². The Labute approximate surface area is 180 Å². The van der Waals surface area contributed by atoms with Gasteiger partial charge in [0.25, 0.3) is 5.91 Å². The van der Waals surface area contributed by atoms with Crippen molar-refractivity contribution in [1.82, 2.24) is 24.8 Å². The predicted molar refractivity (Wildman–Crippen MR) is 112 cm³/mol. The third-order valence-electron chi connectivity index (χ3n) is 5.95. The summed E-state index contributed by atoms with van der Waals surface area (Å²) in [5, 5.41) is 8.68. The van der Waals surface area contributed by atoms with Crippen LogP contribution in [0.3, 0.4) is 0 Å². The first-order valence-corrected chi connectivity index (χ1v) is 10.5. The Morgan fingerprint density at radius 2 is 1.87 bits per heavy atom. The first kappa shape index (κ1) is 19.8. The fourth-order valence-electron chi connectivity index (χ4n) is 4.18. The highest BCUT2D eigenvalue weighted by atomic mass is 19.1. The van der Waals surface area contributed by atoms with Crippen molar-refractivity contribution in [3.05, 3.63) is 82.9 Å². The summed E-state index contributed by atoms with van der Waals surface area (Å²) in [6, 6.07) is 15.9. The van der Waals surface area contributed by atoms with E-state index in [1.165, 1.54) is 12.1 Å². The first-order chi connectivity index (χ1) is 15.2. The van der Waals surface area contributed by atoms with Crippen LogP contribution < -0.4 is 0 Å². The molecule has 0 radical (unpaired) electrons. The van der Waals surface area contributed by atoms with E-state index in [0.29, 0.717) is 32.8 Å². The molecule has 7 nitrogen and oxygen atoms in total. The molecule has 160 valence electrons. The molecule has 1 fully saturated rings. The van der Waals surface area contributed by atoms with Crippen molar-refractivity contribution in [2.24, 2.45) is 0 Å². The zero-order valence-corrected chi connectivity index (χ0v) is 17.2. The van der Waals surface area contributed by atoms with Crippen LogP contribution in [0.1, 0.15) is 33.4 Å². The number of halogens is 1. The number of benzene rings is 2. The summed E-state index contributed by atoms with van der Waals surface area (Å²) in [5.41, 5.74) is 3.41. The van der Waals surface area contributed by atoms with Crippen molar-refractivity contribution in [2.45, 2.75) is 25.8 Å². The Balaban J connectivity index is 1.19. The van der Waals surface area contributed by atoms with E-state index in [2.05, 4.69) is 15.2 Å². The molecule has 31 heavy (non-hydrogen) atoms. The maximum atomic E-state index is 13.5. The Hall–Kier alpha value is -3.10. The van der Waals surface area contributed by atoms with Crippen LogP contribution in [-0.4, -0.2) is 56.9 Å². The standard InChI is InChI=1S/C23H24FN5O2/c24-19-8-4-7-18(13-19)22-15-29-21(16-31-22)20(25-26-29)14-27-9-11-28(12-10-27)23(30)17-5-2-1-3-6-17/h1-8,13,22H,9-12,14-16H2. The van der Waals surface area contributed by atoms with Crippen molar-refractivity contribution in [1.29, 1.82) is 0 Å². The van der Waals surface area contributed by atoms with Gasteiger partial charge >= 0.3 is 0 Å². The van der Waals surface area contributed by atoms with Crippen molar-refractivity contribution in [2.75, 3.05) is 26.2 Å². The van der Waals surface area contributed by atoms with Crippen LogP contribution in [0.4, 0.5) is 4.39 Å². The Morgan fingerprint density at radius 1 is 1.06 bits per heavy atom. The predicted octanol–water partition coefficient (Wildman–Crippen LogP) is 2.65. The van der Waals surface area contributed by atoms with Gasteiger partial charge in [0.15, 0.2) is 0 Å². The third kappa shape index (κ3) is 4.22. The molecular weight excluding hydrogens is 397 g/mol. The minimum Gasteiger partial charge on any atom is -0.365 e. The first-order valence-electron chi connectivity index (χ1n) is 10.5. The lowest BCUT2D eigenvalue weighted by atomic mass is 10.1. The average Bonchev–Trinajstić information content (AvgIpc) is 3.21. The number of piperazine rings is 1. The van der Waals surface area contributed by atoms with E-state index in [-0.39, 0.29) is 17.8 Å². The fourth-order valence-corrected chi connectivity index (χ4v) is 4.18. The van der Waals surface area contributed by atoms with E-state index in [1.54, 1.807) is 6.07 Å². The molecule has 3 heterocycles. The smallest absolute Gasteiger partial charge is 0.253 e. The van der Waals surface area contributed by atoms with Crippen molar-refractivity contribution < 1.29 is 13.9 Å². The van der Waals surface area contributed by atoms with E-state index >= 15 is 0 Å². The molecule has 0 saturated carbocycles. The SMILES string of the molecule is O=C(c1ccccc1)N1CCN(Cc2nnn3c2COC(c2cccc(F)c2)C3)CC1. The van der Waals surface area contributed by atoms with Crippen LogP contribution in [0.25, 0.3) is 0 Å². The summed E-state index contributed by atoms with van der Waals surface area (Å²) in [5.74, 6) is -0.186. The van der Waals surface area contributed by atoms with Gasteiger partial charge in [0.2, 0.25) is 0 Å². The zero-order chi connectivity index (χ0) is 21.2. The summed E-state index contributed by atoms with van der Waals surface area (Å²) < 4.78 is 21.4. The molecule has 1 saturated heterocycles. The number of carbonyl (C=O) groups excluding carboxylic acids is 1. The van der Waals surface area contributed by atoms with Crippen molar-refractivity contribution in [3.63, 3.8) is 0 Å². The molecule has 0 N–H and O–H groups in total. The van der Waals surface area contributed by atoms with Crippen LogP contribution in [0.2, 0.25) is 0 Å². The Bertz CT molecular complexity index is 1060. The minimum atomic E-state index is -0.268. The number of nitrogens with zero attached hydrogens (tertiary/aromatic N) is 5. The van der Waals surface area contributed by atoms with Crippen LogP contribution in [-0.2, 0) is 24.4 Å². The second-order valence-corrected chi connectivity index (χ2v) is 7.95. The number of carbonyl (C=O) groups is 1. The summed E-state index contributed by atoms with van der Waals surface area (Å²) in [7, 11) is 0. The molecular formula is C23H24FN5O2. The molecule has 2 aliphatic rings. The van der Waals surface area contributed by atoms with Crippen LogP contribution in [0, 0.1) is 5.82 Å². The minimum absolute atomic E-state index is 0.0816. The van der Waals surface area contributed by atoms with Gasteiger partial charge in [-0.2, -0.15) is 0 Å². The molecule has 2 aromatic carbocycles. The number of ether oxygens (including phenoxy) is 1. The molecule has 1 unspecified atom stereocenters. The van der Waals surface area contributed by atoms with Crippen LogP contribution in [0.5, 0.6) is 0 Å². The van der Waals surface area contributed by atoms with Gasteiger partial charge in [0.1, 0.15) is 17.6 Å². The van der Waals surface area contributed by atoms with Gasteiger partial charge in [-0.15, -0.1) is 5.10 Å². The topological polar surface area (TPSA) is 63.5 Å². The van der Waals surface area contributed by atoms with E-state index in [4.69, 9.17) is 4.74 Å². The number of hydrogen-bond acceptors (Lipinski definition) is 5. The van der Waals surface area contributed by atoms with Crippen molar-refractivity contribution >= 4 is 5.91 Å². The molecule has 5 rings (SSSR count). The summed E-state index contributed by atoms with van der Waals surface area (Å²) in [6.45, 7) is 4.55. The highest BCUT2D eigenvalue weighted by Gasteiger charge is 2.27. The molecule has 0 bridgehead atoms. The second-order valence-electron chi connectivity index (χ2n) is 7.95. The maximum Gasteiger partial charge on any atom is 0.253 e. The molecule has 3 aromatic rings. The van der Waals surface area contributed by atoms with Gasteiger partial charge in [-0.3, -0.25) is 9.69 Å². The lowest BCUT2D eigenvalue weighted by Gasteiger charge is -2.34. The summed E-state index contributed by atoms with van der Waals surface area (Å²) >= 11 is 0. The van der Waals surface area contributed by atoms with Gasteiger partial charge in [0.05, 0.1) is 18.8 Å².